The van der Waals surface area contributed by atoms with Crippen molar-refractivity contribution >= 4 is 41.7 Å². The molecule has 17 nitrogen and oxygen atoms in total. The van der Waals surface area contributed by atoms with E-state index in [-0.39, 0.29) is 42.1 Å². The van der Waals surface area contributed by atoms with Crippen molar-refractivity contribution in [3.05, 3.63) is 47.0 Å². The number of aliphatic hydroxyl groups is 2. The fourth-order valence-corrected chi connectivity index (χ4v) is 10.8. The van der Waals surface area contributed by atoms with Crippen LogP contribution in [0.2, 0.25) is 0 Å². The number of esters is 5. The highest BCUT2D eigenvalue weighted by Crippen LogP contribution is 2.70. The molecule has 340 valence electrons. The third kappa shape index (κ3) is 7.67. The number of alkyl carbamates (subject to hydrolysis) is 1. The minimum absolute atomic E-state index is 0.0235. The third-order valence-corrected chi connectivity index (χ3v) is 13.5. The molecule has 6 rings (SSSR count). The van der Waals surface area contributed by atoms with E-state index in [1.54, 1.807) is 52.8 Å². The van der Waals surface area contributed by atoms with Gasteiger partial charge in [0.05, 0.1) is 53.4 Å². The standard InChI is InChI=1S/C45H59NO16/c1-21(2)17-27(46-40(55)62-41(6,7)8)31(51)39(54)59-32-22(3)30-33(57-23(4)47)35(52)43(11)28(49)18-26-20-56-45(26,61-24(5)48)34(43)37(60-38(53)25-15-13-12-14-16-25)44(42(30,9)10)19-29(50)58-36(32)44/h12-16,21,26-28,31-34,36-37,49,51H,17-20H2,1-11H3,(H,46,55)/t26-,27-,28-,31+,32+,33+,34-,36-,37-,43+,44-,45-/m0/s1. The summed E-state index contributed by atoms with van der Waals surface area (Å²) in [6.07, 6.45) is -11.7. The molecule has 17 heteroatoms. The molecule has 0 aromatic heterocycles. The van der Waals surface area contributed by atoms with Crippen molar-refractivity contribution in [2.24, 2.45) is 34.0 Å². The summed E-state index contributed by atoms with van der Waals surface area (Å²) in [5.74, 6) is -10.1. The zero-order chi connectivity index (χ0) is 46.1. The molecular formula is C45H59NO16. The number of ether oxygens (including phenoxy) is 7. The number of Topliss-reactive ketones (excluding diaryl/α,β-unsaturated/α-hetero) is 1. The van der Waals surface area contributed by atoms with E-state index in [0.717, 1.165) is 13.8 Å². The van der Waals surface area contributed by atoms with Crippen molar-refractivity contribution in [2.45, 2.75) is 149 Å². The second-order valence-corrected chi connectivity index (χ2v) is 19.4. The predicted octanol–water partition coefficient (Wildman–Crippen LogP) is 3.89. The summed E-state index contributed by atoms with van der Waals surface area (Å²) in [6.45, 7) is 17.0. The molecule has 12 atom stereocenters. The summed E-state index contributed by atoms with van der Waals surface area (Å²) >= 11 is 0. The second-order valence-electron chi connectivity index (χ2n) is 19.4. The Hall–Kier alpha value is -4.87. The van der Waals surface area contributed by atoms with Crippen LogP contribution < -0.4 is 5.32 Å². The Morgan fingerprint density at radius 2 is 1.61 bits per heavy atom. The quantitative estimate of drug-likeness (QED) is 0.172. The molecule has 62 heavy (non-hydrogen) atoms. The predicted molar refractivity (Wildman–Crippen MR) is 214 cm³/mol. The van der Waals surface area contributed by atoms with Gasteiger partial charge in [0.15, 0.2) is 30.2 Å². The topological polar surface area (TPSA) is 237 Å². The molecule has 0 radical (unpaired) electrons. The Morgan fingerprint density at radius 1 is 0.968 bits per heavy atom. The van der Waals surface area contributed by atoms with Crippen LogP contribution in [0.5, 0.6) is 0 Å². The highest BCUT2D eigenvalue weighted by Gasteiger charge is 2.82. The van der Waals surface area contributed by atoms with Gasteiger partial charge in [-0.25, -0.2) is 14.4 Å². The lowest BCUT2D eigenvalue weighted by Crippen LogP contribution is -2.80. The zero-order valence-electron chi connectivity index (χ0n) is 37.1. The molecule has 1 aromatic carbocycles. The van der Waals surface area contributed by atoms with Crippen LogP contribution in [0.3, 0.4) is 0 Å². The van der Waals surface area contributed by atoms with Gasteiger partial charge in [-0.2, -0.15) is 0 Å². The van der Waals surface area contributed by atoms with E-state index in [2.05, 4.69) is 5.32 Å². The first kappa shape index (κ1) is 46.6. The van der Waals surface area contributed by atoms with E-state index in [1.807, 2.05) is 13.8 Å². The molecule has 0 unspecified atom stereocenters. The van der Waals surface area contributed by atoms with Gasteiger partial charge in [0, 0.05) is 19.3 Å². The Labute approximate surface area is 360 Å². The maximum Gasteiger partial charge on any atom is 0.407 e. The van der Waals surface area contributed by atoms with Gasteiger partial charge in [0.1, 0.15) is 11.7 Å². The fourth-order valence-electron chi connectivity index (χ4n) is 10.8. The number of hydrogen-bond donors (Lipinski definition) is 3. The van der Waals surface area contributed by atoms with Crippen LogP contribution in [0.4, 0.5) is 4.79 Å². The summed E-state index contributed by atoms with van der Waals surface area (Å²) in [4.78, 5) is 97.7. The van der Waals surface area contributed by atoms with Gasteiger partial charge in [-0.15, -0.1) is 0 Å². The van der Waals surface area contributed by atoms with Gasteiger partial charge in [-0.3, -0.25) is 19.2 Å². The van der Waals surface area contributed by atoms with Crippen LogP contribution in [-0.4, -0.2) is 113 Å². The molecule has 1 spiro atoms. The molecule has 5 aliphatic rings. The van der Waals surface area contributed by atoms with Crippen LogP contribution in [0.1, 0.15) is 106 Å². The fraction of sp³-hybridized carbons (Fsp3) is 0.667. The SMILES string of the molecule is CC(=O)O[C@H]1C(=O)[C@@]2(C)[C@H]([C@H](OC(=O)c3ccccc3)[C@]34CC(=O)O[C@H]3[C@H](OC(=O)[C@H](O)[C@H](CC(C)C)NC(=O)OC(C)(C)C)C(C)=C1C4(C)C)[C@]1(OC(C)=O)OC[C@@H]1C[C@@H]2O. The highest BCUT2D eigenvalue weighted by atomic mass is 16.7. The molecule has 2 saturated carbocycles. The molecule has 4 fully saturated rings. The Morgan fingerprint density at radius 3 is 2.16 bits per heavy atom. The number of hydrogen-bond acceptors (Lipinski definition) is 16. The lowest BCUT2D eigenvalue weighted by molar-refractivity contribution is -0.408. The van der Waals surface area contributed by atoms with Crippen molar-refractivity contribution in [1.29, 1.82) is 0 Å². The molecule has 2 saturated heterocycles. The first-order valence-corrected chi connectivity index (χ1v) is 21.0. The molecule has 2 heterocycles. The van der Waals surface area contributed by atoms with Crippen LogP contribution in [0.15, 0.2) is 41.5 Å². The van der Waals surface area contributed by atoms with E-state index < -0.39 is 130 Å². The largest absolute Gasteiger partial charge is 0.457 e. The van der Waals surface area contributed by atoms with Crippen molar-refractivity contribution in [3.8, 4) is 0 Å². The second kappa shape index (κ2) is 16.4. The monoisotopic (exact) mass is 869 g/mol. The van der Waals surface area contributed by atoms with Crippen molar-refractivity contribution < 1.29 is 76.9 Å². The summed E-state index contributed by atoms with van der Waals surface area (Å²) in [6, 6.07) is 6.64. The number of carbonyl (C=O) groups is 7. The van der Waals surface area contributed by atoms with Gasteiger partial charge < -0.3 is 48.7 Å². The molecule has 1 aromatic rings. The van der Waals surface area contributed by atoms with Crippen LogP contribution >= 0.6 is 0 Å². The van der Waals surface area contributed by atoms with Crippen LogP contribution in [-0.2, 0) is 57.1 Å². The summed E-state index contributed by atoms with van der Waals surface area (Å²) < 4.78 is 42.6. The number of benzene rings is 1. The molecule has 2 bridgehead atoms. The normalized spacial score (nSPS) is 34.3. The number of aliphatic hydroxyl groups excluding tert-OH is 2. The molecule has 1 amide bonds. The van der Waals surface area contributed by atoms with E-state index in [9.17, 15) is 39.0 Å². The third-order valence-electron chi connectivity index (χ3n) is 13.5. The molecule has 3 aliphatic carbocycles. The number of nitrogens with one attached hydrogen (secondary N) is 1. The number of rotatable bonds is 10. The van der Waals surface area contributed by atoms with Crippen LogP contribution in [0.25, 0.3) is 0 Å². The van der Waals surface area contributed by atoms with Crippen molar-refractivity contribution in [2.75, 3.05) is 6.61 Å². The molecule has 2 aliphatic heterocycles. The van der Waals surface area contributed by atoms with Crippen molar-refractivity contribution in [3.63, 3.8) is 0 Å². The average molecular weight is 870 g/mol. The highest BCUT2D eigenvalue weighted by molar-refractivity contribution is 5.96. The lowest BCUT2D eigenvalue weighted by atomic mass is 9.41. The first-order valence-electron chi connectivity index (χ1n) is 21.0. The van der Waals surface area contributed by atoms with E-state index in [4.69, 9.17) is 33.2 Å². The number of carbonyl (C=O) groups excluding carboxylic acids is 7. The van der Waals surface area contributed by atoms with Crippen LogP contribution in [0, 0.1) is 34.0 Å². The number of ketones is 1. The number of fused-ring (bicyclic) bond motifs is 4. The van der Waals surface area contributed by atoms with Gasteiger partial charge in [0.2, 0.25) is 5.79 Å². The zero-order valence-corrected chi connectivity index (χ0v) is 37.1. The lowest BCUT2D eigenvalue weighted by Gasteiger charge is -2.68. The Kier molecular flexibility index (Phi) is 12.3. The van der Waals surface area contributed by atoms with E-state index in [0.29, 0.717) is 0 Å². The molecular weight excluding hydrogens is 810 g/mol. The van der Waals surface area contributed by atoms with Gasteiger partial charge in [-0.05, 0) is 76.7 Å². The minimum atomic E-state index is -2.09. The first-order chi connectivity index (χ1) is 28.7. The van der Waals surface area contributed by atoms with Crippen molar-refractivity contribution in [1.82, 2.24) is 5.32 Å². The summed E-state index contributed by atoms with van der Waals surface area (Å²) in [5.41, 5.74) is -6.19. The summed E-state index contributed by atoms with van der Waals surface area (Å²) in [7, 11) is 0. The van der Waals surface area contributed by atoms with Gasteiger partial charge in [0.25, 0.3) is 0 Å². The van der Waals surface area contributed by atoms with Gasteiger partial charge in [-0.1, -0.05) is 45.9 Å². The average Bonchev–Trinajstić information content (AvgIpc) is 3.52. The molecule has 3 N–H and O–H groups in total. The van der Waals surface area contributed by atoms with Gasteiger partial charge >= 0.3 is 35.9 Å². The maximum atomic E-state index is 15.6. The summed E-state index contributed by atoms with van der Waals surface area (Å²) in [5, 5.41) is 26.4. The van der Waals surface area contributed by atoms with E-state index in [1.165, 1.54) is 26.0 Å². The smallest absolute Gasteiger partial charge is 0.407 e. The Bertz CT molecular complexity index is 2040. The maximum absolute atomic E-state index is 15.6. The Balaban J connectivity index is 1.61. The van der Waals surface area contributed by atoms with E-state index >= 15 is 4.79 Å². The minimum Gasteiger partial charge on any atom is -0.457 e. The number of amides is 1.